The Bertz CT molecular complexity index is 1420. The molecule has 0 aliphatic heterocycles. The molecule has 0 amide bonds. The standard InChI is InChI=1S/C23H18ClN3OS2/c1-11(2)18-10-15-19(13-5-3-4-6-16(13)24)20-23(27-22(15)29-18)30-21(26-20)14-9-12(25)7-8-17(14)28/h3-11,28H,25H2,1-2H3. The van der Waals surface area contributed by atoms with E-state index in [1.807, 2.05) is 24.3 Å². The summed E-state index contributed by atoms with van der Waals surface area (Å²) in [5.41, 5.74) is 9.82. The maximum atomic E-state index is 10.4. The Balaban J connectivity index is 1.87. The lowest BCUT2D eigenvalue weighted by Crippen LogP contribution is -1.87. The monoisotopic (exact) mass is 451 g/mol. The fourth-order valence-corrected chi connectivity index (χ4v) is 5.80. The van der Waals surface area contributed by atoms with Crippen molar-refractivity contribution in [3.63, 3.8) is 0 Å². The second-order valence-electron chi connectivity index (χ2n) is 7.44. The molecule has 3 heterocycles. The Morgan fingerprint density at radius 1 is 0.967 bits per heavy atom. The van der Waals surface area contributed by atoms with Crippen molar-refractivity contribution in [2.24, 2.45) is 0 Å². The third-order valence-electron chi connectivity index (χ3n) is 5.01. The van der Waals surface area contributed by atoms with E-state index in [1.54, 1.807) is 29.5 Å². The van der Waals surface area contributed by atoms with Gasteiger partial charge in [0.05, 0.1) is 5.56 Å². The van der Waals surface area contributed by atoms with Crippen LogP contribution < -0.4 is 5.73 Å². The number of phenols is 1. The Morgan fingerprint density at radius 2 is 1.77 bits per heavy atom. The van der Waals surface area contributed by atoms with Crippen molar-refractivity contribution in [3.05, 3.63) is 58.4 Å². The zero-order valence-corrected chi connectivity index (χ0v) is 18.7. The highest BCUT2D eigenvalue weighted by molar-refractivity contribution is 7.22. The van der Waals surface area contributed by atoms with E-state index in [-0.39, 0.29) is 5.75 Å². The highest BCUT2D eigenvalue weighted by atomic mass is 35.5. The number of phenolic OH excluding ortho intramolecular Hbond substituents is 1. The molecule has 150 valence electrons. The van der Waals surface area contributed by atoms with E-state index in [4.69, 9.17) is 27.3 Å². The van der Waals surface area contributed by atoms with Gasteiger partial charge in [-0.25, -0.2) is 9.97 Å². The van der Waals surface area contributed by atoms with Crippen LogP contribution in [0.3, 0.4) is 0 Å². The molecule has 7 heteroatoms. The first kappa shape index (κ1) is 19.3. The lowest BCUT2D eigenvalue weighted by atomic mass is 10.0. The molecule has 0 saturated heterocycles. The number of rotatable bonds is 3. The van der Waals surface area contributed by atoms with Gasteiger partial charge in [0.2, 0.25) is 0 Å². The number of benzene rings is 2. The highest BCUT2D eigenvalue weighted by Crippen LogP contribution is 2.45. The highest BCUT2D eigenvalue weighted by Gasteiger charge is 2.21. The lowest BCUT2D eigenvalue weighted by Gasteiger charge is -2.07. The zero-order chi connectivity index (χ0) is 21.0. The molecule has 0 spiro atoms. The summed E-state index contributed by atoms with van der Waals surface area (Å²) in [7, 11) is 0. The molecule has 0 bridgehead atoms. The van der Waals surface area contributed by atoms with Gasteiger partial charge in [-0.1, -0.05) is 55.0 Å². The summed E-state index contributed by atoms with van der Waals surface area (Å²) >= 11 is 9.75. The van der Waals surface area contributed by atoms with E-state index in [9.17, 15) is 5.11 Å². The number of nitrogen functional groups attached to an aromatic ring is 1. The molecule has 3 aromatic heterocycles. The third kappa shape index (κ3) is 3.12. The van der Waals surface area contributed by atoms with Crippen LogP contribution in [0.4, 0.5) is 5.69 Å². The quantitative estimate of drug-likeness (QED) is 0.223. The first-order valence-electron chi connectivity index (χ1n) is 9.50. The van der Waals surface area contributed by atoms with Gasteiger partial charge in [0.15, 0.2) is 0 Å². The van der Waals surface area contributed by atoms with Crippen LogP contribution >= 0.6 is 34.3 Å². The predicted octanol–water partition coefficient (Wildman–Crippen LogP) is 7.30. The number of nitrogens with two attached hydrogens (primary N) is 1. The second-order valence-corrected chi connectivity index (χ2v) is 9.89. The molecule has 0 radical (unpaired) electrons. The molecule has 3 N–H and O–H groups in total. The molecular weight excluding hydrogens is 434 g/mol. The van der Waals surface area contributed by atoms with Crippen LogP contribution in [0.25, 0.3) is 42.3 Å². The molecule has 30 heavy (non-hydrogen) atoms. The van der Waals surface area contributed by atoms with Crippen LogP contribution in [-0.4, -0.2) is 15.1 Å². The summed E-state index contributed by atoms with van der Waals surface area (Å²) in [4.78, 5) is 12.9. The van der Waals surface area contributed by atoms with Gasteiger partial charge < -0.3 is 10.8 Å². The number of hydrogen-bond acceptors (Lipinski definition) is 6. The van der Waals surface area contributed by atoms with Crippen LogP contribution in [0.2, 0.25) is 5.02 Å². The zero-order valence-electron chi connectivity index (χ0n) is 16.3. The van der Waals surface area contributed by atoms with Gasteiger partial charge in [0, 0.05) is 32.1 Å². The molecule has 4 nitrogen and oxygen atoms in total. The van der Waals surface area contributed by atoms with E-state index in [0.717, 1.165) is 31.7 Å². The Kier molecular flexibility index (Phi) is 4.65. The molecule has 0 unspecified atom stereocenters. The molecule has 0 fully saturated rings. The number of thiazole rings is 1. The molecule has 0 saturated carbocycles. The Morgan fingerprint density at radius 3 is 2.53 bits per heavy atom. The topological polar surface area (TPSA) is 72.0 Å². The number of pyridine rings is 1. The van der Waals surface area contributed by atoms with Crippen molar-refractivity contribution in [1.29, 1.82) is 0 Å². The van der Waals surface area contributed by atoms with Gasteiger partial charge in [0.25, 0.3) is 0 Å². The van der Waals surface area contributed by atoms with Crippen LogP contribution in [0.5, 0.6) is 5.75 Å². The van der Waals surface area contributed by atoms with Gasteiger partial charge in [-0.2, -0.15) is 0 Å². The van der Waals surface area contributed by atoms with E-state index in [0.29, 0.717) is 27.2 Å². The van der Waals surface area contributed by atoms with Crippen molar-refractivity contribution in [2.75, 3.05) is 5.73 Å². The summed E-state index contributed by atoms with van der Waals surface area (Å²) in [6.07, 6.45) is 0. The molecular formula is C23H18ClN3OS2. The smallest absolute Gasteiger partial charge is 0.146 e. The number of hydrogen-bond donors (Lipinski definition) is 2. The molecule has 5 aromatic rings. The van der Waals surface area contributed by atoms with E-state index >= 15 is 0 Å². The predicted molar refractivity (Wildman–Crippen MR) is 129 cm³/mol. The summed E-state index contributed by atoms with van der Waals surface area (Å²) in [5.74, 6) is 0.556. The number of halogens is 1. The van der Waals surface area contributed by atoms with Crippen LogP contribution in [0.15, 0.2) is 48.5 Å². The maximum absolute atomic E-state index is 10.4. The largest absolute Gasteiger partial charge is 0.507 e. The summed E-state index contributed by atoms with van der Waals surface area (Å²) in [6, 6.07) is 15.0. The minimum atomic E-state index is 0.145. The molecule has 0 aliphatic carbocycles. The van der Waals surface area contributed by atoms with Gasteiger partial charge in [-0.15, -0.1) is 11.3 Å². The summed E-state index contributed by atoms with van der Waals surface area (Å²) in [6.45, 7) is 4.36. The van der Waals surface area contributed by atoms with Gasteiger partial charge in [0.1, 0.15) is 25.9 Å². The summed E-state index contributed by atoms with van der Waals surface area (Å²) < 4.78 is 0. The van der Waals surface area contributed by atoms with Crippen LogP contribution in [0, 0.1) is 0 Å². The Hall–Kier alpha value is -2.67. The fraction of sp³-hybridized carbons (Fsp3) is 0.130. The van der Waals surface area contributed by atoms with E-state index in [2.05, 4.69) is 19.9 Å². The van der Waals surface area contributed by atoms with Crippen molar-refractivity contribution in [3.8, 4) is 27.4 Å². The second kappa shape index (κ2) is 7.23. The van der Waals surface area contributed by atoms with Crippen molar-refractivity contribution < 1.29 is 5.11 Å². The number of aromatic hydroxyl groups is 1. The van der Waals surface area contributed by atoms with E-state index < -0.39 is 0 Å². The van der Waals surface area contributed by atoms with Gasteiger partial charge in [-0.05, 0) is 36.2 Å². The van der Waals surface area contributed by atoms with Crippen molar-refractivity contribution in [2.45, 2.75) is 19.8 Å². The summed E-state index contributed by atoms with van der Waals surface area (Å²) in [5, 5.41) is 12.8. The molecule has 0 atom stereocenters. The van der Waals surface area contributed by atoms with Crippen LogP contribution in [-0.2, 0) is 0 Å². The number of thiophene rings is 1. The fourth-order valence-electron chi connectivity index (χ4n) is 3.49. The van der Waals surface area contributed by atoms with Gasteiger partial charge >= 0.3 is 0 Å². The van der Waals surface area contributed by atoms with Crippen molar-refractivity contribution in [1.82, 2.24) is 9.97 Å². The van der Waals surface area contributed by atoms with Crippen molar-refractivity contribution >= 4 is 60.5 Å². The average Bonchev–Trinajstić information content (AvgIpc) is 3.32. The Labute approximate surface area is 186 Å². The SMILES string of the molecule is CC(C)c1cc2c(-c3ccccc3Cl)c3nc(-c4cc(N)ccc4O)sc3nc2s1. The first-order valence-corrected chi connectivity index (χ1v) is 11.5. The lowest BCUT2D eigenvalue weighted by molar-refractivity contribution is 0.477. The number of anilines is 1. The molecule has 0 aliphatic rings. The van der Waals surface area contributed by atoms with Crippen LogP contribution in [0.1, 0.15) is 24.6 Å². The third-order valence-corrected chi connectivity index (χ3v) is 7.65. The maximum Gasteiger partial charge on any atom is 0.146 e. The minimum Gasteiger partial charge on any atom is -0.507 e. The number of nitrogens with zero attached hydrogens (tertiary/aromatic N) is 2. The molecule has 2 aromatic carbocycles. The normalized spacial score (nSPS) is 11.7. The minimum absolute atomic E-state index is 0.145. The first-order chi connectivity index (χ1) is 14.4. The van der Waals surface area contributed by atoms with Gasteiger partial charge in [-0.3, -0.25) is 0 Å². The van der Waals surface area contributed by atoms with E-state index in [1.165, 1.54) is 16.2 Å². The molecule has 5 rings (SSSR count). The number of aromatic nitrogens is 2. The number of fused-ring (bicyclic) bond motifs is 2. The average molecular weight is 452 g/mol.